The number of aromatic nitrogens is 2. The van der Waals surface area contributed by atoms with Gasteiger partial charge in [-0.1, -0.05) is 53.3 Å². The van der Waals surface area contributed by atoms with Crippen molar-refractivity contribution in [1.29, 1.82) is 0 Å². The smallest absolute Gasteiger partial charge is 0.267 e. The number of hydrogen-bond donors (Lipinski definition) is 0. The Labute approximate surface area is 124 Å². The number of fused-ring (bicyclic) bond motifs is 3. The molecule has 0 saturated carbocycles. The number of imidazole rings is 1. The molecule has 0 atom stereocenters. The summed E-state index contributed by atoms with van der Waals surface area (Å²) in [7, 11) is 0. The molecule has 0 aliphatic carbocycles. The van der Waals surface area contributed by atoms with Crippen LogP contribution >= 0.6 is 11.3 Å². The normalized spacial score (nSPS) is 12.5. The van der Waals surface area contributed by atoms with Gasteiger partial charge in [0.25, 0.3) is 5.56 Å². The molecule has 0 spiro atoms. The number of hydrogen-bond acceptors (Lipinski definition) is 3. The van der Waals surface area contributed by atoms with Crippen LogP contribution in [0.3, 0.4) is 0 Å². The van der Waals surface area contributed by atoms with Crippen molar-refractivity contribution in [3.63, 3.8) is 0 Å². The van der Waals surface area contributed by atoms with E-state index in [0.29, 0.717) is 4.53 Å². The predicted molar refractivity (Wildman–Crippen MR) is 86.8 cm³/mol. The quantitative estimate of drug-likeness (QED) is 0.540. The van der Waals surface area contributed by atoms with Crippen LogP contribution < -0.4 is 10.1 Å². The van der Waals surface area contributed by atoms with Crippen LogP contribution in [0.5, 0.6) is 0 Å². The second-order valence-corrected chi connectivity index (χ2v) is 6.06. The fraction of sp³-hybridized carbons (Fsp3) is 0.0588. The third-order valence-electron chi connectivity index (χ3n) is 3.49. The van der Waals surface area contributed by atoms with Gasteiger partial charge in [0.1, 0.15) is 0 Å². The Morgan fingerprint density at radius 3 is 2.86 bits per heavy atom. The van der Waals surface area contributed by atoms with Crippen molar-refractivity contribution in [2.75, 3.05) is 0 Å². The average Bonchev–Trinajstić information content (AvgIpc) is 2.97. The molecule has 102 valence electrons. The number of rotatable bonds is 1. The first-order chi connectivity index (χ1) is 10.2. The van der Waals surface area contributed by atoms with Crippen molar-refractivity contribution in [3.05, 3.63) is 74.5 Å². The molecular formula is C17H12N2OS. The first-order valence-corrected chi connectivity index (χ1v) is 7.52. The highest BCUT2D eigenvalue weighted by Crippen LogP contribution is 2.15. The molecule has 21 heavy (non-hydrogen) atoms. The SMILES string of the molecule is Cc1cccc(C=c2sc3nc4ccccc4n3c2=O)c1. The highest BCUT2D eigenvalue weighted by Gasteiger charge is 2.10. The maximum absolute atomic E-state index is 12.6. The Kier molecular flexibility index (Phi) is 2.65. The first-order valence-electron chi connectivity index (χ1n) is 6.71. The third-order valence-corrected chi connectivity index (χ3v) is 4.45. The number of aryl methyl sites for hydroxylation is 1. The average molecular weight is 292 g/mol. The summed E-state index contributed by atoms with van der Waals surface area (Å²) >= 11 is 1.43. The molecule has 4 heteroatoms. The van der Waals surface area contributed by atoms with Gasteiger partial charge in [-0.15, -0.1) is 0 Å². The summed E-state index contributed by atoms with van der Waals surface area (Å²) in [4.78, 5) is 17.9. The molecule has 0 unspecified atom stereocenters. The van der Waals surface area contributed by atoms with E-state index in [4.69, 9.17) is 0 Å². The Hall–Kier alpha value is -2.46. The largest absolute Gasteiger partial charge is 0.274 e. The third kappa shape index (κ3) is 1.96. The maximum atomic E-state index is 12.6. The Bertz CT molecular complexity index is 1080. The fourth-order valence-corrected chi connectivity index (χ4v) is 3.51. The van der Waals surface area contributed by atoms with E-state index in [1.165, 1.54) is 16.9 Å². The van der Waals surface area contributed by atoms with E-state index < -0.39 is 0 Å². The first kappa shape index (κ1) is 12.3. The zero-order valence-corrected chi connectivity index (χ0v) is 12.2. The number of thiazole rings is 1. The van der Waals surface area contributed by atoms with E-state index in [-0.39, 0.29) is 5.56 Å². The Morgan fingerprint density at radius 1 is 1.14 bits per heavy atom. The van der Waals surface area contributed by atoms with E-state index in [0.717, 1.165) is 21.6 Å². The number of benzene rings is 2. The fourth-order valence-electron chi connectivity index (χ4n) is 2.52. The molecule has 2 aromatic carbocycles. The molecule has 0 amide bonds. The lowest BCUT2D eigenvalue weighted by Crippen LogP contribution is -2.22. The minimum absolute atomic E-state index is 0.00482. The van der Waals surface area contributed by atoms with E-state index in [1.54, 1.807) is 4.40 Å². The lowest BCUT2D eigenvalue weighted by atomic mass is 10.1. The second-order valence-electron chi connectivity index (χ2n) is 5.05. The molecule has 0 aliphatic heterocycles. The zero-order chi connectivity index (χ0) is 14.4. The van der Waals surface area contributed by atoms with Crippen LogP contribution in [-0.4, -0.2) is 9.38 Å². The summed E-state index contributed by atoms with van der Waals surface area (Å²) in [6.45, 7) is 2.05. The lowest BCUT2D eigenvalue weighted by molar-refractivity contribution is 1.19. The van der Waals surface area contributed by atoms with Crippen LogP contribution in [0, 0.1) is 6.92 Å². The number of nitrogens with zero attached hydrogens (tertiary/aromatic N) is 2. The van der Waals surface area contributed by atoms with Gasteiger partial charge in [-0.05, 0) is 30.7 Å². The van der Waals surface area contributed by atoms with Crippen LogP contribution in [0.15, 0.2) is 53.3 Å². The van der Waals surface area contributed by atoms with Crippen molar-refractivity contribution in [3.8, 4) is 0 Å². The van der Waals surface area contributed by atoms with Gasteiger partial charge in [0.05, 0.1) is 15.6 Å². The molecule has 0 radical (unpaired) electrons. The van der Waals surface area contributed by atoms with Crippen LogP contribution in [0.25, 0.3) is 22.1 Å². The molecule has 3 nitrogen and oxygen atoms in total. The molecular weight excluding hydrogens is 280 g/mol. The van der Waals surface area contributed by atoms with Crippen molar-refractivity contribution in [2.45, 2.75) is 6.92 Å². The monoisotopic (exact) mass is 292 g/mol. The molecule has 0 fully saturated rings. The van der Waals surface area contributed by atoms with Gasteiger partial charge in [0.2, 0.25) is 0 Å². The van der Waals surface area contributed by atoms with Gasteiger partial charge < -0.3 is 0 Å². The zero-order valence-electron chi connectivity index (χ0n) is 11.4. The summed E-state index contributed by atoms with van der Waals surface area (Å²) in [5.41, 5.74) is 3.97. The lowest BCUT2D eigenvalue weighted by Gasteiger charge is -1.93. The van der Waals surface area contributed by atoms with E-state index >= 15 is 0 Å². The van der Waals surface area contributed by atoms with E-state index in [1.807, 2.05) is 55.5 Å². The van der Waals surface area contributed by atoms with E-state index in [9.17, 15) is 4.79 Å². The van der Waals surface area contributed by atoms with Gasteiger partial charge in [0.15, 0.2) is 4.96 Å². The van der Waals surface area contributed by atoms with Gasteiger partial charge in [0, 0.05) is 0 Å². The molecule has 0 aliphatic rings. The summed E-state index contributed by atoms with van der Waals surface area (Å²) in [5, 5.41) is 0. The van der Waals surface area contributed by atoms with Crippen molar-refractivity contribution < 1.29 is 0 Å². The van der Waals surface area contributed by atoms with Gasteiger partial charge in [-0.25, -0.2) is 9.38 Å². The summed E-state index contributed by atoms with van der Waals surface area (Å²) in [6, 6.07) is 15.8. The second kappa shape index (κ2) is 4.53. The predicted octanol–water partition coefficient (Wildman–Crippen LogP) is 2.77. The highest BCUT2D eigenvalue weighted by atomic mass is 32.1. The number of para-hydroxylation sites is 2. The molecule has 4 rings (SSSR count). The van der Waals surface area contributed by atoms with Gasteiger partial charge in [-0.2, -0.15) is 0 Å². The molecule has 2 heterocycles. The maximum Gasteiger partial charge on any atom is 0.274 e. The standard InChI is InChI=1S/C17H12N2OS/c1-11-5-4-6-12(9-11)10-15-16(20)19-14-8-3-2-7-13(14)18-17(19)21-15/h2-10H,1H3. The summed E-state index contributed by atoms with van der Waals surface area (Å²) in [6.07, 6.45) is 1.93. The van der Waals surface area contributed by atoms with Gasteiger partial charge >= 0.3 is 0 Å². The van der Waals surface area contributed by atoms with Crippen molar-refractivity contribution >= 4 is 33.4 Å². The summed E-state index contributed by atoms with van der Waals surface area (Å²) < 4.78 is 2.41. The highest BCUT2D eigenvalue weighted by molar-refractivity contribution is 7.15. The van der Waals surface area contributed by atoms with Crippen LogP contribution in [0.4, 0.5) is 0 Å². The van der Waals surface area contributed by atoms with Gasteiger partial charge in [-0.3, -0.25) is 4.79 Å². The van der Waals surface area contributed by atoms with Crippen LogP contribution in [-0.2, 0) is 0 Å². The van der Waals surface area contributed by atoms with E-state index in [2.05, 4.69) is 11.1 Å². The molecule has 4 aromatic rings. The van der Waals surface area contributed by atoms with Crippen LogP contribution in [0.2, 0.25) is 0 Å². The van der Waals surface area contributed by atoms with Crippen molar-refractivity contribution in [1.82, 2.24) is 9.38 Å². The molecule has 0 saturated heterocycles. The molecule has 2 aromatic heterocycles. The minimum Gasteiger partial charge on any atom is -0.267 e. The Balaban J connectivity index is 2.03. The minimum atomic E-state index is 0.00482. The summed E-state index contributed by atoms with van der Waals surface area (Å²) in [5.74, 6) is 0. The Morgan fingerprint density at radius 2 is 2.00 bits per heavy atom. The van der Waals surface area contributed by atoms with Crippen molar-refractivity contribution in [2.24, 2.45) is 0 Å². The molecule has 0 bridgehead atoms. The van der Waals surface area contributed by atoms with Crippen LogP contribution in [0.1, 0.15) is 11.1 Å². The topological polar surface area (TPSA) is 34.4 Å². The molecule has 0 N–H and O–H groups in total.